The molecule has 1 aliphatic carbocycles. The molecule has 1 saturated carbocycles. The third-order valence-corrected chi connectivity index (χ3v) is 5.35. The highest BCUT2D eigenvalue weighted by Crippen LogP contribution is 2.26. The van der Waals surface area contributed by atoms with Crippen LogP contribution in [-0.4, -0.2) is 30.3 Å². The fourth-order valence-corrected chi connectivity index (χ4v) is 3.48. The average Bonchev–Trinajstić information content (AvgIpc) is 2.58. The van der Waals surface area contributed by atoms with E-state index in [2.05, 4.69) is 56.1 Å². The largest absolute Gasteiger partial charge is 0.303 e. The Hall–Kier alpha value is -1.67. The van der Waals surface area contributed by atoms with E-state index in [0.717, 1.165) is 23.9 Å². The van der Waals surface area contributed by atoms with Gasteiger partial charge in [0, 0.05) is 24.1 Å². The number of ketones is 1. The van der Waals surface area contributed by atoms with Crippen LogP contribution in [0.1, 0.15) is 62.4 Å². The van der Waals surface area contributed by atoms with E-state index in [1.807, 2.05) is 19.9 Å². The topological polar surface area (TPSA) is 20.3 Å². The van der Waals surface area contributed by atoms with Gasteiger partial charge in [0.25, 0.3) is 0 Å². The maximum Gasteiger partial charge on any atom is 0.167 e. The average molecular weight is 340 g/mol. The van der Waals surface area contributed by atoms with E-state index >= 15 is 0 Å². The van der Waals surface area contributed by atoms with Gasteiger partial charge in [-0.3, -0.25) is 4.79 Å². The third-order valence-electron chi connectivity index (χ3n) is 5.35. The van der Waals surface area contributed by atoms with Gasteiger partial charge in [0.05, 0.1) is 0 Å². The predicted octanol–water partition coefficient (Wildman–Crippen LogP) is 5.87. The molecule has 25 heavy (non-hydrogen) atoms. The zero-order valence-electron chi connectivity index (χ0n) is 16.5. The number of aryl methyl sites for hydroxylation is 1. The van der Waals surface area contributed by atoms with Gasteiger partial charge in [0.1, 0.15) is 0 Å². The molecule has 3 rings (SSSR count). The van der Waals surface area contributed by atoms with Crippen LogP contribution < -0.4 is 0 Å². The Balaban J connectivity index is 0.00000109. The molecule has 2 heteroatoms. The molecule has 1 fully saturated rings. The van der Waals surface area contributed by atoms with Crippen LogP contribution in [0.5, 0.6) is 0 Å². The van der Waals surface area contributed by atoms with Crippen LogP contribution in [0.15, 0.2) is 36.4 Å². The molecule has 1 aliphatic rings. The summed E-state index contributed by atoms with van der Waals surface area (Å²) < 4.78 is 0. The van der Waals surface area contributed by atoms with Crippen LogP contribution in [0.25, 0.3) is 10.8 Å². The van der Waals surface area contributed by atoms with Crippen molar-refractivity contribution in [1.82, 2.24) is 4.90 Å². The molecule has 136 valence electrons. The number of fused-ring (bicyclic) bond motifs is 1. The molecule has 0 bridgehead atoms. The molecule has 0 aliphatic heterocycles. The van der Waals surface area contributed by atoms with Crippen LogP contribution >= 0.6 is 0 Å². The van der Waals surface area contributed by atoms with E-state index in [4.69, 9.17) is 0 Å². The standard InChI is InChI=1S/C21H27NO.C2H6/c1-4-16(14-22(3)20-6-5-7-20)21(23)19-11-10-17-12-15(2)8-9-18(17)13-19;1-2/h8-13,16,20H,4-7,14H2,1-3H3;1-2H3. The summed E-state index contributed by atoms with van der Waals surface area (Å²) in [6, 6.07) is 13.2. The Kier molecular flexibility index (Phi) is 7.19. The summed E-state index contributed by atoms with van der Waals surface area (Å²) in [5.41, 5.74) is 2.11. The maximum atomic E-state index is 12.9. The summed E-state index contributed by atoms with van der Waals surface area (Å²) in [5, 5.41) is 2.37. The summed E-state index contributed by atoms with van der Waals surface area (Å²) in [6.45, 7) is 9.11. The van der Waals surface area contributed by atoms with Gasteiger partial charge in [-0.05, 0) is 50.1 Å². The van der Waals surface area contributed by atoms with E-state index in [1.54, 1.807) is 0 Å². The Bertz CT molecular complexity index is 702. The lowest BCUT2D eigenvalue weighted by atomic mass is 9.89. The zero-order valence-corrected chi connectivity index (χ0v) is 16.5. The second-order valence-corrected chi connectivity index (χ2v) is 7.06. The molecule has 0 spiro atoms. The Labute approximate surface area is 153 Å². The lowest BCUT2D eigenvalue weighted by molar-refractivity contribution is 0.0826. The van der Waals surface area contributed by atoms with Crippen molar-refractivity contribution in [3.05, 3.63) is 47.5 Å². The van der Waals surface area contributed by atoms with E-state index in [0.29, 0.717) is 11.8 Å². The Morgan fingerprint density at radius 3 is 2.36 bits per heavy atom. The van der Waals surface area contributed by atoms with Crippen molar-refractivity contribution in [2.45, 2.75) is 59.4 Å². The van der Waals surface area contributed by atoms with Crippen molar-refractivity contribution >= 4 is 16.6 Å². The molecule has 0 radical (unpaired) electrons. The number of benzene rings is 2. The predicted molar refractivity (Wildman–Crippen MR) is 108 cm³/mol. The first-order valence-corrected chi connectivity index (χ1v) is 9.83. The van der Waals surface area contributed by atoms with Gasteiger partial charge >= 0.3 is 0 Å². The quantitative estimate of drug-likeness (QED) is 0.614. The van der Waals surface area contributed by atoms with Crippen LogP contribution in [0.4, 0.5) is 0 Å². The minimum absolute atomic E-state index is 0.100. The molecule has 0 N–H and O–H groups in total. The van der Waals surface area contributed by atoms with Gasteiger partial charge in [-0.15, -0.1) is 0 Å². The van der Waals surface area contributed by atoms with Crippen molar-refractivity contribution in [3.8, 4) is 0 Å². The molecular formula is C23H33NO. The van der Waals surface area contributed by atoms with Gasteiger partial charge in [-0.25, -0.2) is 0 Å². The van der Waals surface area contributed by atoms with Crippen LogP contribution in [-0.2, 0) is 0 Å². The minimum Gasteiger partial charge on any atom is -0.303 e. The van der Waals surface area contributed by atoms with Crippen molar-refractivity contribution < 1.29 is 4.79 Å². The van der Waals surface area contributed by atoms with E-state index in [9.17, 15) is 4.79 Å². The van der Waals surface area contributed by atoms with Gasteiger partial charge in [-0.1, -0.05) is 63.1 Å². The summed E-state index contributed by atoms with van der Waals surface area (Å²) in [6.07, 6.45) is 4.82. The molecule has 2 nitrogen and oxygen atoms in total. The van der Waals surface area contributed by atoms with E-state index in [-0.39, 0.29) is 5.92 Å². The van der Waals surface area contributed by atoms with Crippen LogP contribution in [0.2, 0.25) is 0 Å². The Morgan fingerprint density at radius 1 is 1.12 bits per heavy atom. The minimum atomic E-state index is 0.100. The van der Waals surface area contributed by atoms with E-state index in [1.165, 1.54) is 30.2 Å². The van der Waals surface area contributed by atoms with Gasteiger partial charge in [0.2, 0.25) is 0 Å². The van der Waals surface area contributed by atoms with Crippen LogP contribution in [0.3, 0.4) is 0 Å². The monoisotopic (exact) mass is 339 g/mol. The summed E-state index contributed by atoms with van der Waals surface area (Å²) in [4.78, 5) is 15.3. The number of carbonyl (C=O) groups excluding carboxylic acids is 1. The smallest absolute Gasteiger partial charge is 0.167 e. The second kappa shape index (κ2) is 9.15. The molecule has 0 saturated heterocycles. The SMILES string of the molecule is CC.CCC(CN(C)C1CCC1)C(=O)c1ccc2cc(C)ccc2c1. The highest BCUT2D eigenvalue weighted by Gasteiger charge is 2.26. The van der Waals surface area contributed by atoms with Gasteiger partial charge in [0.15, 0.2) is 5.78 Å². The number of hydrogen-bond donors (Lipinski definition) is 0. The third kappa shape index (κ3) is 4.70. The summed E-state index contributed by atoms with van der Waals surface area (Å²) in [5.74, 6) is 0.393. The fraction of sp³-hybridized carbons (Fsp3) is 0.522. The molecule has 0 amide bonds. The highest BCUT2D eigenvalue weighted by atomic mass is 16.1. The number of nitrogens with zero attached hydrogens (tertiary/aromatic N) is 1. The first-order valence-electron chi connectivity index (χ1n) is 9.83. The fourth-order valence-electron chi connectivity index (χ4n) is 3.48. The van der Waals surface area contributed by atoms with Crippen LogP contribution in [0, 0.1) is 12.8 Å². The molecular weight excluding hydrogens is 306 g/mol. The van der Waals surface area contributed by atoms with Gasteiger partial charge < -0.3 is 4.90 Å². The molecule has 2 aromatic carbocycles. The highest BCUT2D eigenvalue weighted by molar-refractivity contribution is 6.01. The number of carbonyl (C=O) groups is 1. The normalized spacial score (nSPS) is 15.4. The number of Topliss-reactive ketones (excluding diaryl/α,β-unsaturated/α-hetero) is 1. The maximum absolute atomic E-state index is 12.9. The lowest BCUT2D eigenvalue weighted by Crippen LogP contribution is -2.41. The van der Waals surface area contributed by atoms with E-state index < -0.39 is 0 Å². The van der Waals surface area contributed by atoms with Crippen molar-refractivity contribution in [3.63, 3.8) is 0 Å². The first kappa shape index (κ1) is 19.7. The molecule has 0 heterocycles. The number of hydrogen-bond acceptors (Lipinski definition) is 2. The molecule has 0 aromatic heterocycles. The van der Waals surface area contributed by atoms with Crippen molar-refractivity contribution in [2.24, 2.45) is 5.92 Å². The second-order valence-electron chi connectivity index (χ2n) is 7.06. The zero-order chi connectivity index (χ0) is 18.4. The molecule has 1 atom stereocenters. The van der Waals surface area contributed by atoms with Crippen molar-refractivity contribution in [2.75, 3.05) is 13.6 Å². The number of rotatable bonds is 6. The Morgan fingerprint density at radius 2 is 1.76 bits per heavy atom. The van der Waals surface area contributed by atoms with Crippen molar-refractivity contribution in [1.29, 1.82) is 0 Å². The summed E-state index contributed by atoms with van der Waals surface area (Å²) in [7, 11) is 2.17. The summed E-state index contributed by atoms with van der Waals surface area (Å²) >= 11 is 0. The van der Waals surface area contributed by atoms with Gasteiger partial charge in [-0.2, -0.15) is 0 Å². The molecule has 2 aromatic rings. The lowest BCUT2D eigenvalue weighted by Gasteiger charge is -2.36. The first-order chi connectivity index (χ1) is 12.1. The molecule has 1 unspecified atom stereocenters.